The number of para-hydroxylation sites is 1. The average molecular weight is 370 g/mol. The van der Waals surface area contributed by atoms with Gasteiger partial charge in [0, 0.05) is 6.54 Å². The van der Waals surface area contributed by atoms with Crippen LogP contribution in [0.2, 0.25) is 0 Å². The maximum Gasteiger partial charge on any atom is 0.338 e. The fourth-order valence-electron chi connectivity index (χ4n) is 2.75. The number of aromatic nitrogens is 2. The molecular formula is C20H19FN2O4. The van der Waals surface area contributed by atoms with Crippen LogP contribution in [0.5, 0.6) is 5.75 Å². The molecule has 3 rings (SSSR count). The second-order valence-electron chi connectivity index (χ2n) is 5.86. The van der Waals surface area contributed by atoms with Gasteiger partial charge in [0.2, 0.25) is 0 Å². The topological polar surface area (TPSA) is 70.4 Å². The number of hydrogen-bond acceptors (Lipinski definition) is 5. The van der Waals surface area contributed by atoms with Gasteiger partial charge in [-0.3, -0.25) is 4.79 Å². The molecule has 7 heteroatoms. The molecule has 1 aromatic heterocycles. The number of benzene rings is 2. The molecule has 0 unspecified atom stereocenters. The number of nitrogens with zero attached hydrogens (tertiary/aromatic N) is 2. The molecule has 0 aliphatic heterocycles. The number of halogens is 1. The van der Waals surface area contributed by atoms with E-state index in [1.165, 1.54) is 12.1 Å². The summed E-state index contributed by atoms with van der Waals surface area (Å²) in [5.74, 6) is -0.902. The van der Waals surface area contributed by atoms with E-state index in [1.807, 2.05) is 6.92 Å². The second-order valence-corrected chi connectivity index (χ2v) is 5.86. The van der Waals surface area contributed by atoms with Crippen molar-refractivity contribution >= 4 is 17.0 Å². The van der Waals surface area contributed by atoms with Crippen molar-refractivity contribution < 1.29 is 18.7 Å². The van der Waals surface area contributed by atoms with Gasteiger partial charge in [-0.2, -0.15) is 0 Å². The first-order valence-corrected chi connectivity index (χ1v) is 8.57. The van der Waals surface area contributed by atoms with Gasteiger partial charge in [-0.15, -0.1) is 0 Å². The number of fused-ring (bicyclic) bond motifs is 1. The molecule has 0 saturated heterocycles. The van der Waals surface area contributed by atoms with Crippen molar-refractivity contribution in [3.8, 4) is 5.75 Å². The number of carbonyl (C=O) groups excluding carboxylic acids is 1. The van der Waals surface area contributed by atoms with Gasteiger partial charge in [0.1, 0.15) is 18.9 Å². The SMILES string of the molecule is CCn1c(=O)c(C)nc2cc(C(=O)OCCOc3ccccc3F)ccc21. The minimum Gasteiger partial charge on any atom is -0.487 e. The zero-order chi connectivity index (χ0) is 19.4. The van der Waals surface area contributed by atoms with Gasteiger partial charge in [0.15, 0.2) is 11.6 Å². The van der Waals surface area contributed by atoms with E-state index in [-0.39, 0.29) is 24.5 Å². The Hall–Kier alpha value is -3.22. The zero-order valence-electron chi connectivity index (χ0n) is 15.1. The van der Waals surface area contributed by atoms with E-state index < -0.39 is 11.8 Å². The average Bonchev–Trinajstić information content (AvgIpc) is 2.67. The molecule has 0 radical (unpaired) electrons. The highest BCUT2D eigenvalue weighted by atomic mass is 19.1. The number of carbonyl (C=O) groups is 1. The summed E-state index contributed by atoms with van der Waals surface area (Å²) in [6.45, 7) is 4.03. The zero-order valence-corrected chi connectivity index (χ0v) is 15.1. The van der Waals surface area contributed by atoms with Crippen LogP contribution in [0.1, 0.15) is 23.0 Å². The lowest BCUT2D eigenvalue weighted by atomic mass is 10.2. The Morgan fingerprint density at radius 3 is 2.70 bits per heavy atom. The quantitative estimate of drug-likeness (QED) is 0.493. The monoisotopic (exact) mass is 370 g/mol. The first kappa shape index (κ1) is 18.6. The molecule has 140 valence electrons. The lowest BCUT2D eigenvalue weighted by molar-refractivity contribution is 0.0448. The molecule has 0 fully saturated rings. The molecule has 0 N–H and O–H groups in total. The summed E-state index contributed by atoms with van der Waals surface area (Å²) in [6.07, 6.45) is 0. The molecule has 6 nitrogen and oxygen atoms in total. The lowest BCUT2D eigenvalue weighted by Gasteiger charge is -2.10. The predicted molar refractivity (Wildman–Crippen MR) is 98.6 cm³/mol. The van der Waals surface area contributed by atoms with Crippen LogP contribution in [0.25, 0.3) is 11.0 Å². The molecule has 0 aliphatic rings. The summed E-state index contributed by atoms with van der Waals surface area (Å²) in [5, 5.41) is 0. The van der Waals surface area contributed by atoms with Gasteiger partial charge in [0.25, 0.3) is 5.56 Å². The number of rotatable bonds is 6. The summed E-state index contributed by atoms with van der Waals surface area (Å²) in [6, 6.07) is 10.9. The highest BCUT2D eigenvalue weighted by Crippen LogP contribution is 2.16. The number of ether oxygens (including phenoxy) is 2. The van der Waals surface area contributed by atoms with Gasteiger partial charge in [-0.1, -0.05) is 12.1 Å². The van der Waals surface area contributed by atoms with Crippen molar-refractivity contribution in [2.45, 2.75) is 20.4 Å². The third-order valence-electron chi connectivity index (χ3n) is 4.07. The van der Waals surface area contributed by atoms with E-state index in [1.54, 1.807) is 41.8 Å². The van der Waals surface area contributed by atoms with Crippen LogP contribution in [0.15, 0.2) is 47.3 Å². The van der Waals surface area contributed by atoms with Crippen molar-refractivity contribution in [3.63, 3.8) is 0 Å². The Morgan fingerprint density at radius 2 is 1.96 bits per heavy atom. The molecule has 0 saturated carbocycles. The van der Waals surface area contributed by atoms with Crippen molar-refractivity contribution in [3.05, 3.63) is 69.9 Å². The molecule has 0 spiro atoms. The normalized spacial score (nSPS) is 10.8. The van der Waals surface area contributed by atoms with Crippen molar-refractivity contribution in [1.82, 2.24) is 9.55 Å². The molecule has 2 aromatic carbocycles. The van der Waals surface area contributed by atoms with Crippen LogP contribution >= 0.6 is 0 Å². The van der Waals surface area contributed by atoms with Crippen LogP contribution in [0.4, 0.5) is 4.39 Å². The van der Waals surface area contributed by atoms with E-state index in [0.717, 1.165) is 0 Å². The van der Waals surface area contributed by atoms with E-state index in [0.29, 0.717) is 28.8 Å². The summed E-state index contributed by atoms with van der Waals surface area (Å²) in [7, 11) is 0. The van der Waals surface area contributed by atoms with Crippen molar-refractivity contribution in [1.29, 1.82) is 0 Å². The Labute approximate surface area is 155 Å². The van der Waals surface area contributed by atoms with Gasteiger partial charge in [0.05, 0.1) is 16.6 Å². The Morgan fingerprint density at radius 1 is 1.19 bits per heavy atom. The molecule has 0 atom stereocenters. The standard InChI is InChI=1S/C20H19FN2O4/c1-3-23-17-9-8-14(12-16(17)22-13(2)19(23)24)20(25)27-11-10-26-18-7-5-4-6-15(18)21/h4-9,12H,3,10-11H2,1-2H3. The minimum atomic E-state index is -0.539. The highest BCUT2D eigenvalue weighted by Gasteiger charge is 2.12. The minimum absolute atomic E-state index is 0.0217. The second kappa shape index (κ2) is 7.99. The number of esters is 1. The van der Waals surface area contributed by atoms with Gasteiger partial charge in [-0.05, 0) is 44.2 Å². The van der Waals surface area contributed by atoms with E-state index in [4.69, 9.17) is 9.47 Å². The van der Waals surface area contributed by atoms with Crippen molar-refractivity contribution in [2.75, 3.05) is 13.2 Å². The fourth-order valence-corrected chi connectivity index (χ4v) is 2.75. The lowest BCUT2D eigenvalue weighted by Crippen LogP contribution is -2.23. The molecule has 0 bridgehead atoms. The fraction of sp³-hybridized carbons (Fsp3) is 0.250. The summed E-state index contributed by atoms with van der Waals surface area (Å²) in [4.78, 5) is 28.6. The van der Waals surface area contributed by atoms with E-state index >= 15 is 0 Å². The Balaban J connectivity index is 1.68. The highest BCUT2D eigenvalue weighted by molar-refractivity contribution is 5.93. The Kier molecular flexibility index (Phi) is 5.49. The summed E-state index contributed by atoms with van der Waals surface area (Å²) >= 11 is 0. The first-order valence-electron chi connectivity index (χ1n) is 8.57. The van der Waals surface area contributed by atoms with Crippen LogP contribution in [0.3, 0.4) is 0 Å². The van der Waals surface area contributed by atoms with E-state index in [2.05, 4.69) is 4.98 Å². The number of aryl methyl sites for hydroxylation is 2. The largest absolute Gasteiger partial charge is 0.487 e. The Bertz CT molecular complexity index is 1050. The first-order chi connectivity index (χ1) is 13.0. The van der Waals surface area contributed by atoms with Crippen LogP contribution < -0.4 is 10.3 Å². The van der Waals surface area contributed by atoms with Crippen LogP contribution in [0, 0.1) is 12.7 Å². The van der Waals surface area contributed by atoms with Crippen LogP contribution in [-0.4, -0.2) is 28.7 Å². The summed E-state index contributed by atoms with van der Waals surface area (Å²) < 4.78 is 25.5. The van der Waals surface area contributed by atoms with Crippen molar-refractivity contribution in [2.24, 2.45) is 0 Å². The molecule has 0 aliphatic carbocycles. The van der Waals surface area contributed by atoms with Gasteiger partial charge < -0.3 is 14.0 Å². The third-order valence-corrected chi connectivity index (χ3v) is 4.07. The maximum absolute atomic E-state index is 13.4. The molecule has 1 heterocycles. The predicted octanol–water partition coefficient (Wildman–Crippen LogP) is 3.10. The number of hydrogen-bond donors (Lipinski definition) is 0. The molecule has 27 heavy (non-hydrogen) atoms. The van der Waals surface area contributed by atoms with Crippen LogP contribution in [-0.2, 0) is 11.3 Å². The smallest absolute Gasteiger partial charge is 0.338 e. The molecule has 0 amide bonds. The summed E-state index contributed by atoms with van der Waals surface area (Å²) in [5.41, 5.74) is 1.75. The molecule has 3 aromatic rings. The molecular weight excluding hydrogens is 351 g/mol. The third kappa shape index (κ3) is 3.97. The maximum atomic E-state index is 13.4. The van der Waals surface area contributed by atoms with E-state index in [9.17, 15) is 14.0 Å². The van der Waals surface area contributed by atoms with Gasteiger partial charge >= 0.3 is 5.97 Å². The van der Waals surface area contributed by atoms with Gasteiger partial charge in [-0.25, -0.2) is 14.2 Å².